The number of ketones is 1. The Hall–Kier alpha value is -3.13. The predicted octanol–water partition coefficient (Wildman–Crippen LogP) is 5.58. The fourth-order valence-corrected chi connectivity index (χ4v) is 4.93. The highest BCUT2D eigenvalue weighted by Gasteiger charge is 2.34. The van der Waals surface area contributed by atoms with E-state index in [1.54, 1.807) is 12.1 Å². The lowest BCUT2D eigenvalue weighted by Crippen LogP contribution is -2.17. The molecule has 2 aliphatic rings. The Kier molecular flexibility index (Phi) is 6.16. The monoisotopic (exact) mass is 521 g/mol. The van der Waals surface area contributed by atoms with Crippen LogP contribution in [0.5, 0.6) is 17.2 Å². The van der Waals surface area contributed by atoms with Crippen molar-refractivity contribution in [2.75, 3.05) is 13.8 Å². The third kappa shape index (κ3) is 4.34. The van der Waals surface area contributed by atoms with Gasteiger partial charge in [-0.2, -0.15) is 0 Å². The highest BCUT2D eigenvalue weighted by atomic mass is 79.9. The van der Waals surface area contributed by atoms with E-state index in [9.17, 15) is 9.90 Å². The predicted molar refractivity (Wildman–Crippen MR) is 132 cm³/mol. The zero-order valence-electron chi connectivity index (χ0n) is 18.9. The van der Waals surface area contributed by atoms with Gasteiger partial charge in [-0.25, -0.2) is 0 Å². The van der Waals surface area contributed by atoms with Gasteiger partial charge in [-0.05, 0) is 49.4 Å². The maximum absolute atomic E-state index is 13.3. The Balaban J connectivity index is 1.49. The number of aromatic hydroxyl groups is 1. The topological polar surface area (TPSA) is 68.2 Å². The van der Waals surface area contributed by atoms with Crippen molar-refractivity contribution in [1.82, 2.24) is 4.90 Å². The van der Waals surface area contributed by atoms with E-state index < -0.39 is 0 Å². The number of nitrogens with zero attached hydrogens (tertiary/aromatic N) is 1. The van der Waals surface area contributed by atoms with Gasteiger partial charge < -0.3 is 19.3 Å². The Morgan fingerprint density at radius 3 is 2.71 bits per heavy atom. The Bertz CT molecular complexity index is 1300. The number of fused-ring (bicyclic) bond motifs is 2. The first-order valence-corrected chi connectivity index (χ1v) is 11.7. The Morgan fingerprint density at radius 1 is 1.12 bits per heavy atom. The first kappa shape index (κ1) is 22.7. The average molecular weight is 522 g/mol. The highest BCUT2D eigenvalue weighted by Crippen LogP contribution is 2.43. The molecule has 7 heteroatoms. The molecule has 0 aromatic heterocycles. The fraction of sp³-hybridized carbons (Fsp3) is 0.222. The van der Waals surface area contributed by atoms with Crippen LogP contribution in [-0.2, 0) is 24.4 Å². The van der Waals surface area contributed by atoms with E-state index >= 15 is 0 Å². The summed E-state index contributed by atoms with van der Waals surface area (Å²) in [4.78, 5) is 15.4. The highest BCUT2D eigenvalue weighted by molar-refractivity contribution is 9.10. The van der Waals surface area contributed by atoms with Gasteiger partial charge >= 0.3 is 0 Å². The Morgan fingerprint density at radius 2 is 1.91 bits per heavy atom. The van der Waals surface area contributed by atoms with Crippen molar-refractivity contribution in [1.29, 1.82) is 0 Å². The van der Waals surface area contributed by atoms with Gasteiger partial charge in [0.25, 0.3) is 0 Å². The van der Waals surface area contributed by atoms with Gasteiger partial charge in [0.1, 0.15) is 17.2 Å². The van der Waals surface area contributed by atoms with E-state index in [4.69, 9.17) is 14.2 Å². The molecule has 0 aliphatic carbocycles. The van der Waals surface area contributed by atoms with Crippen LogP contribution in [0.25, 0.3) is 6.08 Å². The summed E-state index contributed by atoms with van der Waals surface area (Å²) in [5.74, 6) is 1.20. The minimum Gasteiger partial charge on any atom is -0.507 e. The largest absolute Gasteiger partial charge is 0.507 e. The second-order valence-electron chi connectivity index (χ2n) is 8.59. The number of benzene rings is 3. The molecule has 0 bridgehead atoms. The molecule has 0 fully saturated rings. The maximum Gasteiger partial charge on any atom is 0.232 e. The van der Waals surface area contributed by atoms with Crippen molar-refractivity contribution in [3.8, 4) is 17.2 Å². The molecule has 3 aromatic carbocycles. The maximum atomic E-state index is 13.3. The zero-order valence-corrected chi connectivity index (χ0v) is 20.5. The SMILES string of the molecule is Cc1cc(O)c(CN(C)Cc2ccccc2)c2c1C(=O)/C(=C/c1cc(Br)cc3c1OCOC3)O2. The molecular weight excluding hydrogens is 498 g/mol. The van der Waals surface area contributed by atoms with Crippen LogP contribution in [-0.4, -0.2) is 29.6 Å². The van der Waals surface area contributed by atoms with Crippen molar-refractivity contribution in [2.45, 2.75) is 26.6 Å². The zero-order chi connectivity index (χ0) is 23.8. The lowest BCUT2D eigenvalue weighted by molar-refractivity contribution is -0.0165. The molecule has 6 nitrogen and oxygen atoms in total. The fourth-order valence-electron chi connectivity index (χ4n) is 4.41. The minimum absolute atomic E-state index is 0.116. The molecule has 0 unspecified atom stereocenters. The Labute approximate surface area is 206 Å². The van der Waals surface area contributed by atoms with Crippen molar-refractivity contribution >= 4 is 27.8 Å². The number of halogens is 1. The molecule has 1 N–H and O–H groups in total. The molecule has 0 atom stereocenters. The first-order valence-electron chi connectivity index (χ1n) is 11.0. The number of aryl methyl sites for hydroxylation is 1. The lowest BCUT2D eigenvalue weighted by Gasteiger charge is -2.20. The number of hydrogen-bond acceptors (Lipinski definition) is 6. The van der Waals surface area contributed by atoms with Crippen LogP contribution in [0, 0.1) is 6.92 Å². The standard InChI is InChI=1S/C27H24BrNO5/c1-16-8-22(30)21(13-29(2)12-17-6-4-3-5-7-17)27-24(16)25(31)23(34-27)11-18-9-20(28)10-19-14-32-15-33-26(18)19/h3-11,30H,12-15H2,1-2H3/b23-11-. The minimum atomic E-state index is -0.208. The molecule has 0 spiro atoms. The summed E-state index contributed by atoms with van der Waals surface area (Å²) in [5.41, 5.74) is 4.54. The van der Waals surface area contributed by atoms with Crippen molar-refractivity contribution in [3.63, 3.8) is 0 Å². The third-order valence-electron chi connectivity index (χ3n) is 5.93. The summed E-state index contributed by atoms with van der Waals surface area (Å²) < 4.78 is 18.1. The van der Waals surface area contributed by atoms with Crippen LogP contribution in [0.3, 0.4) is 0 Å². The second kappa shape index (κ2) is 9.25. The molecule has 34 heavy (non-hydrogen) atoms. The molecule has 0 saturated heterocycles. The van der Waals surface area contributed by atoms with Crippen LogP contribution >= 0.6 is 15.9 Å². The number of carbonyl (C=O) groups is 1. The molecular formula is C27H24BrNO5. The van der Waals surface area contributed by atoms with Gasteiger partial charge in [-0.1, -0.05) is 46.3 Å². The molecule has 174 valence electrons. The smallest absolute Gasteiger partial charge is 0.232 e. The number of allylic oxidation sites excluding steroid dienone is 1. The molecule has 2 aliphatic heterocycles. The van der Waals surface area contributed by atoms with E-state index in [0.717, 1.165) is 21.2 Å². The van der Waals surface area contributed by atoms with Gasteiger partial charge in [0.15, 0.2) is 12.6 Å². The number of Topliss-reactive ketones (excluding diaryl/α,β-unsaturated/α-hetero) is 1. The van der Waals surface area contributed by atoms with Gasteiger partial charge in [0, 0.05) is 28.7 Å². The summed E-state index contributed by atoms with van der Waals surface area (Å²) in [6, 6.07) is 15.6. The molecule has 0 amide bonds. The molecule has 3 aromatic rings. The second-order valence-corrected chi connectivity index (χ2v) is 9.50. The summed E-state index contributed by atoms with van der Waals surface area (Å²) >= 11 is 3.52. The first-order chi connectivity index (χ1) is 16.4. The summed E-state index contributed by atoms with van der Waals surface area (Å²) in [5, 5.41) is 10.7. The molecule has 5 rings (SSSR count). The third-order valence-corrected chi connectivity index (χ3v) is 6.39. The summed E-state index contributed by atoms with van der Waals surface area (Å²) in [6.07, 6.45) is 1.70. The van der Waals surface area contributed by atoms with Crippen LogP contribution in [0.15, 0.2) is 58.8 Å². The quantitative estimate of drug-likeness (QED) is 0.442. The van der Waals surface area contributed by atoms with Gasteiger partial charge in [0.05, 0.1) is 17.7 Å². The molecule has 2 heterocycles. The van der Waals surface area contributed by atoms with Crippen molar-refractivity contribution in [3.05, 3.63) is 92.1 Å². The van der Waals surface area contributed by atoms with Crippen LogP contribution in [0.1, 0.15) is 38.2 Å². The summed E-state index contributed by atoms with van der Waals surface area (Å²) in [7, 11) is 1.97. The van der Waals surface area contributed by atoms with Crippen LogP contribution < -0.4 is 9.47 Å². The van der Waals surface area contributed by atoms with E-state index in [-0.39, 0.29) is 24.1 Å². The van der Waals surface area contributed by atoms with Crippen LogP contribution in [0.4, 0.5) is 0 Å². The average Bonchev–Trinajstić information content (AvgIpc) is 3.13. The van der Waals surface area contributed by atoms with Crippen molar-refractivity contribution in [2.24, 2.45) is 0 Å². The van der Waals surface area contributed by atoms with E-state index in [1.807, 2.05) is 44.3 Å². The van der Waals surface area contributed by atoms with Gasteiger partial charge in [0.2, 0.25) is 5.78 Å². The number of hydrogen-bond donors (Lipinski definition) is 1. The molecule has 0 radical (unpaired) electrons. The van der Waals surface area contributed by atoms with Gasteiger partial charge in [-0.15, -0.1) is 0 Å². The lowest BCUT2D eigenvalue weighted by atomic mass is 9.99. The number of phenolic OH excluding ortho intramolecular Hbond substituents is 1. The number of carbonyl (C=O) groups excluding carboxylic acids is 1. The number of ether oxygens (including phenoxy) is 3. The van der Waals surface area contributed by atoms with Crippen molar-refractivity contribution < 1.29 is 24.1 Å². The van der Waals surface area contributed by atoms with E-state index in [0.29, 0.717) is 47.9 Å². The number of phenols is 1. The number of rotatable bonds is 5. The van der Waals surface area contributed by atoms with Gasteiger partial charge in [-0.3, -0.25) is 9.69 Å². The van der Waals surface area contributed by atoms with Crippen LogP contribution in [0.2, 0.25) is 0 Å². The normalized spacial score (nSPS) is 15.8. The molecule has 0 saturated carbocycles. The summed E-state index contributed by atoms with van der Waals surface area (Å²) in [6.45, 7) is 3.52. The van der Waals surface area contributed by atoms with E-state index in [1.165, 1.54) is 0 Å². The van der Waals surface area contributed by atoms with E-state index in [2.05, 4.69) is 33.0 Å².